The Bertz CT molecular complexity index is 952. The van der Waals surface area contributed by atoms with E-state index in [1.807, 2.05) is 19.9 Å². The van der Waals surface area contributed by atoms with Crippen LogP contribution in [0.15, 0.2) is 54.7 Å². The van der Waals surface area contributed by atoms with E-state index in [0.717, 1.165) is 33.6 Å². The first-order chi connectivity index (χ1) is 13.5. The molecule has 0 spiro atoms. The first kappa shape index (κ1) is 19.5. The second-order valence-electron chi connectivity index (χ2n) is 6.74. The van der Waals surface area contributed by atoms with Crippen LogP contribution in [-0.4, -0.2) is 22.5 Å². The number of carbonyl (C=O) groups excluding carboxylic acids is 1. The minimum absolute atomic E-state index is 0.153. The Morgan fingerprint density at radius 2 is 1.82 bits per heavy atom. The Hall–Kier alpha value is -3.21. The first-order valence-electron chi connectivity index (χ1n) is 9.47. The molecule has 5 heteroatoms. The fraction of sp³-hybridized carbons (Fsp3) is 0.261. The number of hydrogen-bond acceptors (Lipinski definition) is 5. The lowest BCUT2D eigenvalue weighted by Crippen LogP contribution is -2.05. The van der Waals surface area contributed by atoms with E-state index in [4.69, 9.17) is 4.74 Å². The predicted octanol–water partition coefficient (Wildman–Crippen LogP) is 5.00. The Balaban J connectivity index is 1.74. The Morgan fingerprint density at radius 1 is 1.04 bits per heavy atom. The lowest BCUT2D eigenvalue weighted by Gasteiger charge is -2.10. The van der Waals surface area contributed by atoms with Crippen molar-refractivity contribution < 1.29 is 9.53 Å². The van der Waals surface area contributed by atoms with E-state index in [0.29, 0.717) is 25.4 Å². The number of rotatable bonds is 7. The SMILES string of the molecule is CCOC(=O)CCc1ccc(-c2cc(C)cc(Nc3nccc(C)n3)c2)cc1. The highest BCUT2D eigenvalue weighted by Gasteiger charge is 2.06. The van der Waals surface area contributed by atoms with E-state index < -0.39 is 0 Å². The van der Waals surface area contributed by atoms with Crippen molar-refractivity contribution in [3.63, 3.8) is 0 Å². The zero-order chi connectivity index (χ0) is 19.9. The van der Waals surface area contributed by atoms with Crippen LogP contribution in [0.5, 0.6) is 0 Å². The van der Waals surface area contributed by atoms with Crippen LogP contribution in [0.4, 0.5) is 11.6 Å². The standard InChI is InChI=1S/C23H25N3O2/c1-4-28-22(27)10-7-18-5-8-19(9-6-18)20-13-16(2)14-21(15-20)26-23-24-12-11-17(3)25-23/h5-6,8-9,11-15H,4,7,10H2,1-3H3,(H,24,25,26). The van der Waals surface area contributed by atoms with Crippen molar-refractivity contribution in [2.24, 2.45) is 0 Å². The van der Waals surface area contributed by atoms with Crippen LogP contribution in [0.25, 0.3) is 11.1 Å². The minimum Gasteiger partial charge on any atom is -0.466 e. The number of aryl methyl sites for hydroxylation is 3. The Morgan fingerprint density at radius 3 is 2.54 bits per heavy atom. The molecule has 28 heavy (non-hydrogen) atoms. The van der Waals surface area contributed by atoms with Gasteiger partial charge in [-0.25, -0.2) is 9.97 Å². The van der Waals surface area contributed by atoms with Crippen molar-refractivity contribution in [1.29, 1.82) is 0 Å². The fourth-order valence-electron chi connectivity index (χ4n) is 3.00. The van der Waals surface area contributed by atoms with E-state index in [1.54, 1.807) is 6.20 Å². The molecule has 0 fully saturated rings. The van der Waals surface area contributed by atoms with E-state index in [2.05, 4.69) is 64.7 Å². The topological polar surface area (TPSA) is 64.1 Å². The van der Waals surface area contributed by atoms with Gasteiger partial charge < -0.3 is 10.1 Å². The summed E-state index contributed by atoms with van der Waals surface area (Å²) >= 11 is 0. The molecule has 1 heterocycles. The molecule has 0 radical (unpaired) electrons. The van der Waals surface area contributed by atoms with E-state index in [9.17, 15) is 4.79 Å². The second kappa shape index (κ2) is 9.13. The molecule has 0 saturated heterocycles. The summed E-state index contributed by atoms with van der Waals surface area (Å²) in [6, 6.07) is 16.5. The smallest absolute Gasteiger partial charge is 0.306 e. The molecule has 0 aliphatic heterocycles. The highest BCUT2D eigenvalue weighted by atomic mass is 16.5. The van der Waals surface area contributed by atoms with Crippen molar-refractivity contribution in [1.82, 2.24) is 9.97 Å². The normalized spacial score (nSPS) is 10.5. The molecule has 3 aromatic rings. The summed E-state index contributed by atoms with van der Waals surface area (Å²) < 4.78 is 4.98. The van der Waals surface area contributed by atoms with Crippen LogP contribution in [-0.2, 0) is 16.0 Å². The molecule has 0 unspecified atom stereocenters. The lowest BCUT2D eigenvalue weighted by atomic mass is 10.00. The van der Waals surface area contributed by atoms with Gasteiger partial charge >= 0.3 is 5.97 Å². The van der Waals surface area contributed by atoms with Crippen LogP contribution in [0.3, 0.4) is 0 Å². The fourth-order valence-corrected chi connectivity index (χ4v) is 3.00. The molecule has 1 N–H and O–H groups in total. The number of nitrogens with one attached hydrogen (secondary N) is 1. The molecule has 5 nitrogen and oxygen atoms in total. The number of nitrogens with zero attached hydrogens (tertiary/aromatic N) is 2. The van der Waals surface area contributed by atoms with Gasteiger partial charge in [-0.2, -0.15) is 0 Å². The average molecular weight is 375 g/mol. The summed E-state index contributed by atoms with van der Waals surface area (Å²) in [6.07, 6.45) is 2.84. The summed E-state index contributed by atoms with van der Waals surface area (Å²) in [5, 5.41) is 3.28. The van der Waals surface area contributed by atoms with Gasteiger partial charge in [0.2, 0.25) is 5.95 Å². The average Bonchev–Trinajstić information content (AvgIpc) is 2.66. The molecule has 0 aliphatic carbocycles. The first-order valence-corrected chi connectivity index (χ1v) is 9.47. The highest BCUT2D eigenvalue weighted by molar-refractivity contribution is 5.72. The molecular weight excluding hydrogens is 350 g/mol. The third-order valence-corrected chi connectivity index (χ3v) is 4.34. The summed E-state index contributed by atoms with van der Waals surface area (Å²) in [6.45, 7) is 6.26. The summed E-state index contributed by atoms with van der Waals surface area (Å²) in [5.74, 6) is 0.435. The lowest BCUT2D eigenvalue weighted by molar-refractivity contribution is -0.143. The van der Waals surface area contributed by atoms with Crippen LogP contribution in [0.2, 0.25) is 0 Å². The van der Waals surface area contributed by atoms with Gasteiger partial charge in [0.15, 0.2) is 0 Å². The van der Waals surface area contributed by atoms with E-state index in [1.165, 1.54) is 0 Å². The Labute approximate surface area is 165 Å². The summed E-state index contributed by atoms with van der Waals surface area (Å²) in [5.41, 5.74) is 6.38. The van der Waals surface area contributed by atoms with Gasteiger partial charge in [0.05, 0.1) is 6.61 Å². The number of hydrogen-bond donors (Lipinski definition) is 1. The minimum atomic E-state index is -0.153. The molecule has 0 bridgehead atoms. The molecule has 0 amide bonds. The van der Waals surface area contributed by atoms with Gasteiger partial charge in [0.1, 0.15) is 0 Å². The van der Waals surface area contributed by atoms with Crippen LogP contribution < -0.4 is 5.32 Å². The molecule has 0 atom stereocenters. The third-order valence-electron chi connectivity index (χ3n) is 4.34. The molecule has 2 aromatic carbocycles. The van der Waals surface area contributed by atoms with Gasteiger partial charge in [-0.3, -0.25) is 4.79 Å². The Kier molecular flexibility index (Phi) is 6.37. The molecular formula is C23H25N3O2. The maximum Gasteiger partial charge on any atom is 0.306 e. The molecule has 0 aliphatic rings. The van der Waals surface area contributed by atoms with Crippen molar-refractivity contribution in [3.8, 4) is 11.1 Å². The van der Waals surface area contributed by atoms with Crippen LogP contribution >= 0.6 is 0 Å². The largest absolute Gasteiger partial charge is 0.466 e. The quantitative estimate of drug-likeness (QED) is 0.589. The predicted molar refractivity (Wildman–Crippen MR) is 112 cm³/mol. The molecule has 3 rings (SSSR count). The number of benzene rings is 2. The van der Waals surface area contributed by atoms with E-state index in [-0.39, 0.29) is 5.97 Å². The van der Waals surface area contributed by atoms with Crippen molar-refractivity contribution >= 4 is 17.6 Å². The number of aromatic nitrogens is 2. The van der Waals surface area contributed by atoms with Gasteiger partial charge in [0.25, 0.3) is 0 Å². The monoisotopic (exact) mass is 375 g/mol. The number of carbonyl (C=O) groups is 1. The number of anilines is 2. The van der Waals surface area contributed by atoms with Gasteiger partial charge in [0, 0.05) is 24.0 Å². The molecule has 1 aromatic heterocycles. The number of esters is 1. The third kappa shape index (κ3) is 5.39. The molecule has 144 valence electrons. The summed E-state index contributed by atoms with van der Waals surface area (Å²) in [7, 11) is 0. The van der Waals surface area contributed by atoms with Crippen LogP contribution in [0.1, 0.15) is 30.2 Å². The maximum absolute atomic E-state index is 11.5. The van der Waals surface area contributed by atoms with Gasteiger partial charge in [-0.05, 0) is 67.6 Å². The van der Waals surface area contributed by atoms with Crippen molar-refractivity contribution in [2.45, 2.75) is 33.6 Å². The highest BCUT2D eigenvalue weighted by Crippen LogP contribution is 2.26. The van der Waals surface area contributed by atoms with Crippen molar-refractivity contribution in [2.75, 3.05) is 11.9 Å². The van der Waals surface area contributed by atoms with Gasteiger partial charge in [-0.1, -0.05) is 30.3 Å². The zero-order valence-electron chi connectivity index (χ0n) is 16.5. The van der Waals surface area contributed by atoms with E-state index >= 15 is 0 Å². The zero-order valence-corrected chi connectivity index (χ0v) is 16.5. The second-order valence-corrected chi connectivity index (χ2v) is 6.74. The van der Waals surface area contributed by atoms with Crippen molar-refractivity contribution in [3.05, 3.63) is 71.5 Å². The van der Waals surface area contributed by atoms with Gasteiger partial charge in [-0.15, -0.1) is 0 Å². The number of ether oxygens (including phenoxy) is 1. The molecule has 0 saturated carbocycles. The van der Waals surface area contributed by atoms with Crippen LogP contribution in [0, 0.1) is 13.8 Å². The summed E-state index contributed by atoms with van der Waals surface area (Å²) in [4.78, 5) is 20.2. The maximum atomic E-state index is 11.5.